The molecule has 0 saturated carbocycles. The molecule has 0 radical (unpaired) electrons. The molecule has 0 unspecified atom stereocenters. The van der Waals surface area contributed by atoms with Crippen LogP contribution in [0.3, 0.4) is 0 Å². The second kappa shape index (κ2) is 10.3. The fourth-order valence-corrected chi connectivity index (χ4v) is 3.37. The molecule has 0 aliphatic rings. The van der Waals surface area contributed by atoms with E-state index in [2.05, 4.69) is 10.6 Å². The SMILES string of the molecule is CNCc1ccc(COC(=O)Cc2ccccc2Nc2c(Cl)cccc2Cl)cc1. The molecule has 0 bridgehead atoms. The largest absolute Gasteiger partial charge is 0.461 e. The number of hydrogen-bond acceptors (Lipinski definition) is 4. The standard InChI is InChI=1S/C23H22Cl2N2O2/c1-26-14-16-9-11-17(12-10-16)15-29-22(28)13-18-5-2-3-8-21(18)27-23-19(24)6-4-7-20(23)25/h2-12,26-27H,13-15H2,1H3. The number of nitrogens with one attached hydrogen (secondary N) is 2. The molecule has 0 heterocycles. The summed E-state index contributed by atoms with van der Waals surface area (Å²) in [5.41, 5.74) is 4.31. The van der Waals surface area contributed by atoms with Gasteiger partial charge in [-0.2, -0.15) is 0 Å². The lowest BCUT2D eigenvalue weighted by atomic mass is 10.1. The molecule has 0 saturated heterocycles. The van der Waals surface area contributed by atoms with Gasteiger partial charge in [-0.25, -0.2) is 0 Å². The first kappa shape index (κ1) is 21.2. The topological polar surface area (TPSA) is 50.4 Å². The Kier molecular flexibility index (Phi) is 7.53. The number of hydrogen-bond donors (Lipinski definition) is 2. The first-order valence-electron chi connectivity index (χ1n) is 9.24. The van der Waals surface area contributed by atoms with Gasteiger partial charge in [-0.3, -0.25) is 4.79 Å². The summed E-state index contributed by atoms with van der Waals surface area (Å²) < 4.78 is 5.45. The molecule has 3 aromatic rings. The van der Waals surface area contributed by atoms with E-state index < -0.39 is 0 Å². The van der Waals surface area contributed by atoms with Gasteiger partial charge in [0.2, 0.25) is 0 Å². The molecule has 4 nitrogen and oxygen atoms in total. The number of ether oxygens (including phenoxy) is 1. The van der Waals surface area contributed by atoms with Crippen molar-refractivity contribution in [2.75, 3.05) is 12.4 Å². The maximum Gasteiger partial charge on any atom is 0.310 e. The number of para-hydroxylation sites is 2. The Balaban J connectivity index is 1.63. The molecule has 0 amide bonds. The summed E-state index contributed by atoms with van der Waals surface area (Å²) in [6, 6.07) is 20.8. The average molecular weight is 429 g/mol. The fraction of sp³-hybridized carbons (Fsp3) is 0.174. The Hall–Kier alpha value is -2.53. The van der Waals surface area contributed by atoms with Gasteiger partial charge in [0.1, 0.15) is 6.61 Å². The van der Waals surface area contributed by atoms with Gasteiger partial charge in [-0.05, 0) is 41.9 Å². The van der Waals surface area contributed by atoms with Crippen molar-refractivity contribution in [1.29, 1.82) is 0 Å². The van der Waals surface area contributed by atoms with Crippen LogP contribution in [0, 0.1) is 0 Å². The molecular weight excluding hydrogens is 407 g/mol. The summed E-state index contributed by atoms with van der Waals surface area (Å²) in [4.78, 5) is 12.4. The molecule has 3 rings (SSSR count). The van der Waals surface area contributed by atoms with Crippen molar-refractivity contribution in [1.82, 2.24) is 5.32 Å². The molecule has 29 heavy (non-hydrogen) atoms. The number of rotatable bonds is 8. The number of benzene rings is 3. The minimum atomic E-state index is -0.302. The zero-order chi connectivity index (χ0) is 20.6. The van der Waals surface area contributed by atoms with Crippen molar-refractivity contribution in [2.24, 2.45) is 0 Å². The number of carbonyl (C=O) groups excluding carboxylic acids is 1. The van der Waals surface area contributed by atoms with E-state index in [-0.39, 0.29) is 19.0 Å². The second-order valence-corrected chi connectivity index (χ2v) is 7.38. The zero-order valence-electron chi connectivity index (χ0n) is 16.0. The number of halogens is 2. The monoisotopic (exact) mass is 428 g/mol. The normalized spacial score (nSPS) is 10.6. The summed E-state index contributed by atoms with van der Waals surface area (Å²) >= 11 is 12.5. The Morgan fingerprint density at radius 2 is 1.55 bits per heavy atom. The molecule has 0 atom stereocenters. The molecule has 0 spiro atoms. The van der Waals surface area contributed by atoms with E-state index in [1.54, 1.807) is 18.2 Å². The highest BCUT2D eigenvalue weighted by Gasteiger charge is 2.12. The van der Waals surface area contributed by atoms with Crippen LogP contribution in [0.2, 0.25) is 10.0 Å². The van der Waals surface area contributed by atoms with E-state index in [1.165, 1.54) is 5.56 Å². The first-order chi connectivity index (χ1) is 14.1. The van der Waals surface area contributed by atoms with Gasteiger partial charge in [0.05, 0.1) is 22.2 Å². The van der Waals surface area contributed by atoms with Gasteiger partial charge in [-0.1, -0.05) is 71.7 Å². The van der Waals surface area contributed by atoms with E-state index in [4.69, 9.17) is 27.9 Å². The van der Waals surface area contributed by atoms with Gasteiger partial charge >= 0.3 is 5.97 Å². The highest BCUT2D eigenvalue weighted by molar-refractivity contribution is 6.39. The van der Waals surface area contributed by atoms with Crippen LogP contribution in [0.4, 0.5) is 11.4 Å². The molecule has 0 aliphatic heterocycles. The van der Waals surface area contributed by atoms with Crippen LogP contribution < -0.4 is 10.6 Å². The lowest BCUT2D eigenvalue weighted by molar-refractivity contribution is -0.144. The summed E-state index contributed by atoms with van der Waals surface area (Å²) in [5, 5.41) is 7.35. The maximum atomic E-state index is 12.4. The average Bonchev–Trinajstić information content (AvgIpc) is 2.72. The molecular formula is C23H22Cl2N2O2. The third-order valence-electron chi connectivity index (χ3n) is 4.38. The van der Waals surface area contributed by atoms with Crippen LogP contribution in [0.1, 0.15) is 16.7 Å². The summed E-state index contributed by atoms with van der Waals surface area (Å²) in [6.45, 7) is 1.05. The van der Waals surface area contributed by atoms with E-state index in [9.17, 15) is 4.79 Å². The number of carbonyl (C=O) groups is 1. The van der Waals surface area contributed by atoms with Crippen molar-refractivity contribution in [3.8, 4) is 0 Å². The van der Waals surface area contributed by atoms with Crippen LogP contribution in [0.15, 0.2) is 66.7 Å². The van der Waals surface area contributed by atoms with E-state index in [1.807, 2.05) is 55.6 Å². The van der Waals surface area contributed by atoms with E-state index in [0.29, 0.717) is 15.7 Å². The van der Waals surface area contributed by atoms with Crippen LogP contribution in [-0.4, -0.2) is 13.0 Å². The molecule has 150 valence electrons. The van der Waals surface area contributed by atoms with Gasteiger partial charge in [-0.15, -0.1) is 0 Å². The van der Waals surface area contributed by atoms with Gasteiger partial charge in [0, 0.05) is 12.2 Å². The van der Waals surface area contributed by atoms with Gasteiger partial charge < -0.3 is 15.4 Å². The second-order valence-electron chi connectivity index (χ2n) is 6.56. The predicted molar refractivity (Wildman–Crippen MR) is 119 cm³/mol. The molecule has 0 aliphatic carbocycles. The maximum absolute atomic E-state index is 12.4. The molecule has 0 aromatic heterocycles. The molecule has 6 heteroatoms. The third-order valence-corrected chi connectivity index (χ3v) is 5.01. The Labute approximate surface area is 180 Å². The van der Waals surface area contributed by atoms with Crippen molar-refractivity contribution < 1.29 is 9.53 Å². The predicted octanol–water partition coefficient (Wildman–Crippen LogP) is 5.74. The summed E-state index contributed by atoms with van der Waals surface area (Å²) in [7, 11) is 1.90. The Morgan fingerprint density at radius 3 is 2.24 bits per heavy atom. The van der Waals surface area contributed by atoms with Crippen molar-refractivity contribution in [2.45, 2.75) is 19.6 Å². The van der Waals surface area contributed by atoms with Crippen molar-refractivity contribution in [3.05, 3.63) is 93.5 Å². The minimum Gasteiger partial charge on any atom is -0.461 e. The highest BCUT2D eigenvalue weighted by Crippen LogP contribution is 2.33. The number of anilines is 2. The molecule has 3 aromatic carbocycles. The van der Waals surface area contributed by atoms with Crippen LogP contribution in [-0.2, 0) is 29.1 Å². The highest BCUT2D eigenvalue weighted by atomic mass is 35.5. The van der Waals surface area contributed by atoms with Gasteiger partial charge in [0.25, 0.3) is 0 Å². The number of esters is 1. The first-order valence-corrected chi connectivity index (χ1v) is 9.99. The van der Waals surface area contributed by atoms with E-state index in [0.717, 1.165) is 23.4 Å². The smallest absolute Gasteiger partial charge is 0.310 e. The lowest BCUT2D eigenvalue weighted by Crippen LogP contribution is -2.10. The quantitative estimate of drug-likeness (QED) is 0.448. The van der Waals surface area contributed by atoms with Crippen molar-refractivity contribution in [3.63, 3.8) is 0 Å². The lowest BCUT2D eigenvalue weighted by Gasteiger charge is -2.14. The molecule has 0 fully saturated rings. The third kappa shape index (κ3) is 5.97. The van der Waals surface area contributed by atoms with Crippen molar-refractivity contribution >= 4 is 40.5 Å². The zero-order valence-corrected chi connectivity index (χ0v) is 17.6. The summed E-state index contributed by atoms with van der Waals surface area (Å²) in [6.07, 6.45) is 0.142. The Morgan fingerprint density at radius 1 is 0.897 bits per heavy atom. The summed E-state index contributed by atoms with van der Waals surface area (Å²) in [5.74, 6) is -0.302. The Bertz CT molecular complexity index is 955. The fourth-order valence-electron chi connectivity index (χ4n) is 2.88. The van der Waals surface area contributed by atoms with Gasteiger partial charge in [0.15, 0.2) is 0 Å². The molecule has 2 N–H and O–H groups in total. The van der Waals surface area contributed by atoms with Crippen LogP contribution in [0.5, 0.6) is 0 Å². The van der Waals surface area contributed by atoms with Crippen LogP contribution in [0.25, 0.3) is 0 Å². The van der Waals surface area contributed by atoms with Crippen LogP contribution >= 0.6 is 23.2 Å². The van der Waals surface area contributed by atoms with E-state index >= 15 is 0 Å². The minimum absolute atomic E-state index is 0.142.